The SMILES string of the molecule is CO[C@@H]1C[C@H](CC[C@H](C)[C@H](O)[C@H](C)[C@@H]2OC(=O)/C(C)=C/C[C@H](O)C[C@@H]3C=CC[C@H](C[C@H](OC)[C@@H](C)[C@@H](O)C[C@@H](O)[C@@H]2C)O3)O[C@H](C)C1. The first-order chi connectivity index (χ1) is 22.2. The number of methoxy groups -OCH3 is 2. The Hall–Kier alpha value is -1.37. The average Bonchev–Trinajstić information content (AvgIpc) is 3.05. The maximum absolute atomic E-state index is 13.4. The molecule has 2 bridgehead atoms. The normalized spacial score (nSPS) is 41.4. The van der Waals surface area contributed by atoms with E-state index >= 15 is 0 Å². The van der Waals surface area contributed by atoms with E-state index in [1.54, 1.807) is 34.1 Å². The van der Waals surface area contributed by atoms with Crippen molar-refractivity contribution in [3.05, 3.63) is 23.8 Å². The Kier molecular flexibility index (Phi) is 16.3. The van der Waals surface area contributed by atoms with Crippen molar-refractivity contribution >= 4 is 5.97 Å². The molecule has 3 heterocycles. The lowest BCUT2D eigenvalue weighted by molar-refractivity contribution is -0.158. The van der Waals surface area contributed by atoms with Crippen molar-refractivity contribution in [2.75, 3.05) is 14.2 Å². The van der Waals surface area contributed by atoms with Gasteiger partial charge in [-0.15, -0.1) is 0 Å². The molecule has 0 aromatic rings. The van der Waals surface area contributed by atoms with Gasteiger partial charge in [0.2, 0.25) is 0 Å². The average molecular weight is 669 g/mol. The minimum atomic E-state index is -1.01. The van der Waals surface area contributed by atoms with Crippen LogP contribution in [-0.2, 0) is 28.5 Å². The summed E-state index contributed by atoms with van der Waals surface area (Å²) in [5.41, 5.74) is 0.345. The molecule has 0 aromatic carbocycles. The van der Waals surface area contributed by atoms with Crippen molar-refractivity contribution in [1.29, 1.82) is 0 Å². The summed E-state index contributed by atoms with van der Waals surface area (Å²) in [5, 5.41) is 45.1. The maximum Gasteiger partial charge on any atom is 0.333 e. The maximum atomic E-state index is 13.4. The second-order valence-electron chi connectivity index (χ2n) is 14.7. The summed E-state index contributed by atoms with van der Waals surface area (Å²) < 4.78 is 29.9. The highest BCUT2D eigenvalue weighted by Crippen LogP contribution is 2.33. The number of hydrogen-bond acceptors (Lipinski definition) is 10. The Morgan fingerprint density at radius 3 is 2.30 bits per heavy atom. The van der Waals surface area contributed by atoms with E-state index < -0.39 is 48.3 Å². The number of esters is 1. The van der Waals surface area contributed by atoms with Crippen LogP contribution in [0.15, 0.2) is 23.8 Å². The fraction of sp³-hybridized carbons (Fsp3) is 0.865. The Balaban J connectivity index is 1.79. The number of cyclic esters (lactones) is 1. The Labute approximate surface area is 282 Å². The molecule has 0 aliphatic carbocycles. The molecule has 4 N–H and O–H groups in total. The predicted octanol–water partition coefficient (Wildman–Crippen LogP) is 4.50. The zero-order valence-electron chi connectivity index (χ0n) is 30.0. The van der Waals surface area contributed by atoms with Crippen molar-refractivity contribution < 1.29 is 48.9 Å². The van der Waals surface area contributed by atoms with Gasteiger partial charge in [0, 0.05) is 50.4 Å². The summed E-state index contributed by atoms with van der Waals surface area (Å²) in [5.74, 6) is -2.10. The van der Waals surface area contributed by atoms with E-state index in [2.05, 4.69) is 13.0 Å². The number of aliphatic hydroxyl groups is 4. The molecule has 1 saturated heterocycles. The summed E-state index contributed by atoms with van der Waals surface area (Å²) in [7, 11) is 3.35. The third-order valence-electron chi connectivity index (χ3n) is 10.9. The third kappa shape index (κ3) is 11.9. The van der Waals surface area contributed by atoms with Crippen LogP contribution < -0.4 is 0 Å². The first-order valence-corrected chi connectivity index (χ1v) is 17.9. The molecule has 3 rings (SSSR count). The van der Waals surface area contributed by atoms with Gasteiger partial charge in [-0.2, -0.15) is 0 Å². The van der Waals surface area contributed by atoms with Crippen molar-refractivity contribution in [2.24, 2.45) is 23.7 Å². The van der Waals surface area contributed by atoms with Gasteiger partial charge in [-0.25, -0.2) is 4.79 Å². The first-order valence-electron chi connectivity index (χ1n) is 17.9. The molecule has 0 spiro atoms. The van der Waals surface area contributed by atoms with E-state index in [-0.39, 0.29) is 61.3 Å². The van der Waals surface area contributed by atoms with E-state index in [1.807, 2.05) is 26.8 Å². The Morgan fingerprint density at radius 1 is 0.915 bits per heavy atom. The smallest absolute Gasteiger partial charge is 0.333 e. The second kappa shape index (κ2) is 19.1. The highest BCUT2D eigenvalue weighted by Gasteiger charge is 2.40. The van der Waals surface area contributed by atoms with Crippen LogP contribution in [0.25, 0.3) is 0 Å². The number of aliphatic hydroxyl groups excluding tert-OH is 4. The van der Waals surface area contributed by atoms with Crippen molar-refractivity contribution in [3.63, 3.8) is 0 Å². The molecule has 10 heteroatoms. The van der Waals surface area contributed by atoms with Gasteiger partial charge >= 0.3 is 5.97 Å². The predicted molar refractivity (Wildman–Crippen MR) is 180 cm³/mol. The number of fused-ring (bicyclic) bond motifs is 2. The fourth-order valence-corrected chi connectivity index (χ4v) is 7.52. The van der Waals surface area contributed by atoms with Gasteiger partial charge in [0.15, 0.2) is 0 Å². The van der Waals surface area contributed by atoms with Crippen LogP contribution in [0.5, 0.6) is 0 Å². The van der Waals surface area contributed by atoms with Crippen molar-refractivity contribution in [1.82, 2.24) is 0 Å². The topological polar surface area (TPSA) is 144 Å². The van der Waals surface area contributed by atoms with Crippen LogP contribution in [0.1, 0.15) is 99.3 Å². The fourth-order valence-electron chi connectivity index (χ4n) is 7.52. The molecule has 0 radical (unpaired) electrons. The molecule has 47 heavy (non-hydrogen) atoms. The zero-order valence-corrected chi connectivity index (χ0v) is 30.0. The summed E-state index contributed by atoms with van der Waals surface area (Å²) in [6.07, 6.45) is 6.16. The summed E-state index contributed by atoms with van der Waals surface area (Å²) >= 11 is 0. The van der Waals surface area contributed by atoms with Gasteiger partial charge < -0.3 is 44.1 Å². The minimum absolute atomic E-state index is 0.0491. The molecule has 3 aliphatic heterocycles. The first kappa shape index (κ1) is 40.1. The standard InChI is InChI=1S/C37H64O10/c1-21(13-15-30-18-31(43-7)16-23(3)45-30)35(41)26(6)36-25(5)33(40)20-32(39)24(4)34(44-8)19-29-11-9-10-28(46-29)17-27(38)14-12-22(2)37(42)47-36/h9-10,12,21,23-36,38-41H,11,13-20H2,1-8H3/b22-12+/t21-,23+,24-,25-,26-,27-,28-,29+,30-,31-,32-,33+,34-,35-,36+/m0/s1. The summed E-state index contributed by atoms with van der Waals surface area (Å²) in [6, 6.07) is 0. The second-order valence-corrected chi connectivity index (χ2v) is 14.7. The molecular formula is C37H64O10. The lowest BCUT2D eigenvalue weighted by Crippen LogP contribution is -2.46. The van der Waals surface area contributed by atoms with E-state index in [9.17, 15) is 25.2 Å². The van der Waals surface area contributed by atoms with Gasteiger partial charge in [0.1, 0.15) is 6.10 Å². The molecule has 1 fully saturated rings. The third-order valence-corrected chi connectivity index (χ3v) is 10.9. The van der Waals surface area contributed by atoms with E-state index in [0.29, 0.717) is 31.3 Å². The van der Waals surface area contributed by atoms with Crippen LogP contribution in [0.4, 0.5) is 0 Å². The monoisotopic (exact) mass is 668 g/mol. The summed E-state index contributed by atoms with van der Waals surface area (Å²) in [4.78, 5) is 13.4. The molecule has 0 unspecified atom stereocenters. The molecule has 0 saturated carbocycles. The Bertz CT molecular complexity index is 1000. The highest BCUT2D eigenvalue weighted by atomic mass is 16.5. The number of carbonyl (C=O) groups excluding carboxylic acids is 1. The van der Waals surface area contributed by atoms with E-state index in [0.717, 1.165) is 19.3 Å². The quantitative estimate of drug-likeness (QED) is 0.216. The van der Waals surface area contributed by atoms with Gasteiger partial charge in [0.05, 0.1) is 61.0 Å². The highest BCUT2D eigenvalue weighted by molar-refractivity contribution is 5.87. The van der Waals surface area contributed by atoms with Crippen LogP contribution in [0.2, 0.25) is 0 Å². The largest absolute Gasteiger partial charge is 0.458 e. The molecule has 10 nitrogen and oxygen atoms in total. The molecule has 0 amide bonds. The zero-order chi connectivity index (χ0) is 34.8. The summed E-state index contributed by atoms with van der Waals surface area (Å²) in [6.45, 7) is 11.2. The lowest BCUT2D eigenvalue weighted by atomic mass is 9.78. The van der Waals surface area contributed by atoms with Gasteiger partial charge in [-0.05, 0) is 64.7 Å². The lowest BCUT2D eigenvalue weighted by Gasteiger charge is -2.38. The van der Waals surface area contributed by atoms with Crippen LogP contribution in [0, 0.1) is 23.7 Å². The molecule has 15 atom stereocenters. The number of rotatable bonds is 8. The molecule has 0 aromatic heterocycles. The minimum Gasteiger partial charge on any atom is -0.458 e. The van der Waals surface area contributed by atoms with Crippen LogP contribution in [-0.4, -0.2) is 108 Å². The van der Waals surface area contributed by atoms with E-state index in [1.165, 1.54) is 0 Å². The number of hydrogen-bond donors (Lipinski definition) is 4. The van der Waals surface area contributed by atoms with Gasteiger partial charge in [0.25, 0.3) is 0 Å². The number of ether oxygens (including phenoxy) is 5. The van der Waals surface area contributed by atoms with Crippen LogP contribution >= 0.6 is 0 Å². The van der Waals surface area contributed by atoms with Crippen LogP contribution in [0.3, 0.4) is 0 Å². The van der Waals surface area contributed by atoms with Gasteiger partial charge in [-0.3, -0.25) is 0 Å². The van der Waals surface area contributed by atoms with Gasteiger partial charge in [-0.1, -0.05) is 45.9 Å². The van der Waals surface area contributed by atoms with E-state index in [4.69, 9.17) is 23.7 Å². The van der Waals surface area contributed by atoms with Crippen molar-refractivity contribution in [3.8, 4) is 0 Å². The molecule has 3 aliphatic rings. The molecular weight excluding hydrogens is 604 g/mol. The number of carbonyl (C=O) groups is 1. The molecule has 272 valence electrons. The van der Waals surface area contributed by atoms with Crippen molar-refractivity contribution in [2.45, 2.75) is 166 Å². The Morgan fingerprint density at radius 2 is 1.62 bits per heavy atom.